The molecular weight excluding hydrogens is 1630 g/mol. The van der Waals surface area contributed by atoms with Gasteiger partial charge in [-0.15, -0.1) is 0 Å². The fraction of sp³-hybridized carbons (Fsp3) is 0.0857. The minimum Gasteiger partial charge on any atom is -0.497 e. The quantitative estimate of drug-likeness (QED) is 0.0287. The summed E-state index contributed by atoms with van der Waals surface area (Å²) in [6, 6.07) is 50.4. The maximum atomic E-state index is 11.1. The molecule has 14 heterocycles. The summed E-state index contributed by atoms with van der Waals surface area (Å²) in [5, 5.41) is 5.84. The van der Waals surface area contributed by atoms with Crippen LogP contribution in [0.15, 0.2) is 287 Å². The Morgan fingerprint density at radius 2 is 0.569 bits per heavy atom. The smallest absolute Gasteiger partial charge is 0.212 e. The second kappa shape index (κ2) is 43.0. The van der Waals surface area contributed by atoms with Gasteiger partial charge < -0.3 is 44.1 Å². The van der Waals surface area contributed by atoms with E-state index in [1.165, 1.54) is 47.6 Å². The molecule has 0 spiro atoms. The van der Waals surface area contributed by atoms with E-state index in [0.29, 0.717) is 17.3 Å². The van der Waals surface area contributed by atoms with Crippen LogP contribution in [0.3, 0.4) is 0 Å². The molecule has 0 aliphatic rings. The molecule has 0 aliphatic heterocycles. The molecule has 130 heavy (non-hydrogen) atoms. The predicted molar refractivity (Wildman–Crippen MR) is 515 cm³/mol. The van der Waals surface area contributed by atoms with Crippen molar-refractivity contribution in [2.75, 3.05) is 21.3 Å². The van der Waals surface area contributed by atoms with Gasteiger partial charge in [0.2, 0.25) is 5.88 Å². The summed E-state index contributed by atoms with van der Waals surface area (Å²) < 4.78 is 15.5. The largest absolute Gasteiger partial charge is 0.497 e. The molecule has 18 rings (SSSR count). The molecule has 0 radical (unpaired) electrons. The molecule has 0 saturated heterocycles. The number of aromatic amines is 6. The third-order valence-electron chi connectivity index (χ3n) is 20.1. The van der Waals surface area contributed by atoms with E-state index in [9.17, 15) is 28.8 Å². The van der Waals surface area contributed by atoms with Crippen LogP contribution < -0.4 is 14.2 Å². The zero-order valence-electron chi connectivity index (χ0n) is 72.2. The van der Waals surface area contributed by atoms with Crippen molar-refractivity contribution in [2.45, 2.75) is 41.5 Å². The van der Waals surface area contributed by atoms with Gasteiger partial charge in [-0.2, -0.15) is 0 Å². The number of hydrogen-bond donors (Lipinski definition) is 6. The lowest BCUT2D eigenvalue weighted by atomic mass is 10.0. The van der Waals surface area contributed by atoms with E-state index in [4.69, 9.17) is 27.4 Å². The summed E-state index contributed by atoms with van der Waals surface area (Å²) >= 11 is 0. The Balaban J connectivity index is 0.000000133. The number of nitrogens with zero attached hydrogens (tertiary/aromatic N) is 10. The van der Waals surface area contributed by atoms with Crippen molar-refractivity contribution in [1.82, 2.24) is 69.8 Å². The van der Waals surface area contributed by atoms with Gasteiger partial charge in [-0.1, -0.05) is 72.8 Å². The number of aromatic nitrogens is 14. The van der Waals surface area contributed by atoms with Crippen molar-refractivity contribution in [3.05, 3.63) is 343 Å². The van der Waals surface area contributed by atoms with Crippen LogP contribution >= 0.6 is 0 Å². The number of carbonyl (C=O) groups excluding carboxylic acids is 6. The molecule has 0 atom stereocenters. The summed E-state index contributed by atoms with van der Waals surface area (Å²) in [6.45, 7) is 23.3. The Bertz CT molecular complexity index is 7330. The third-order valence-corrected chi connectivity index (χ3v) is 20.1. The van der Waals surface area contributed by atoms with E-state index in [2.05, 4.69) is 97.7 Å². The molecule has 25 heteroatoms. The van der Waals surface area contributed by atoms with Crippen LogP contribution in [0.1, 0.15) is 74.9 Å². The van der Waals surface area contributed by atoms with Crippen molar-refractivity contribution in [3.63, 3.8) is 0 Å². The molecule has 0 saturated carbocycles. The van der Waals surface area contributed by atoms with Gasteiger partial charge in [0.1, 0.15) is 45.4 Å². The fourth-order valence-corrected chi connectivity index (χ4v) is 13.4. The molecule has 0 bridgehead atoms. The van der Waals surface area contributed by atoms with Gasteiger partial charge in [-0.25, -0.2) is 44.6 Å². The van der Waals surface area contributed by atoms with Crippen molar-refractivity contribution in [1.29, 1.82) is 0 Å². The summed E-state index contributed by atoms with van der Waals surface area (Å²) in [5.74, 6) is 2.29. The molecule has 6 N–H and O–H groups in total. The maximum absolute atomic E-state index is 11.1. The first kappa shape index (κ1) is 89.9. The lowest BCUT2D eigenvalue weighted by molar-refractivity contribution is -0.113. The lowest BCUT2D eigenvalue weighted by Crippen LogP contribution is -1.88. The van der Waals surface area contributed by atoms with E-state index >= 15 is 0 Å². The van der Waals surface area contributed by atoms with Crippen molar-refractivity contribution in [2.24, 2.45) is 0 Å². The standard InChI is InChI=1S/2C18H13N3O.2C18H16N2O2.C17H15N3O2.C16H13N3O/c1-12(22)3-4-14-10-20-18-17(14)9-15(11-21-18)13-5-7-16(19-2)8-6-13;1-12(22)6-7-14-10-20-18-17(14)9-15(11-21-18)13-4-3-5-16(8-13)19-2;1-12(21)3-4-14-10-19-18-17(14)9-15(11-20-18)13-5-7-16(22-2)8-6-13;1-12(21)6-7-14-10-19-18-17(14)9-15(11-20-18)13-4-3-5-16(8-13)22-2;1-11(21)3-4-13-9-19-17-15(13)7-14(10-20-17)12-5-6-16(22-2)18-8-12;1-11(20)4-5-13-9-18-16-15(13)7-14(10-19-16)12-3-2-6-17-8-12/h2*3-11H,1H3,(H,20,21);2*3-11H,1-2H3,(H,19,20);3-10H,1-2H3,(H,19,20);2-10H,1H3,(H,18,19)/b4-3+;7-6+;4-3+;7-6+;4-3+;5-4+. The second-order valence-electron chi connectivity index (χ2n) is 29.5. The van der Waals surface area contributed by atoms with E-state index in [0.717, 1.165) is 178 Å². The van der Waals surface area contributed by atoms with Crippen LogP contribution in [-0.4, -0.2) is 126 Å². The van der Waals surface area contributed by atoms with Gasteiger partial charge in [0, 0.05) is 204 Å². The molecule has 0 amide bonds. The Morgan fingerprint density at radius 3 is 0.869 bits per heavy atom. The fourth-order valence-electron chi connectivity index (χ4n) is 13.4. The van der Waals surface area contributed by atoms with Gasteiger partial charge in [0.25, 0.3) is 0 Å². The summed E-state index contributed by atoms with van der Waals surface area (Å²) in [5.41, 5.74) is 23.5. The SMILES string of the molecule is CC(=O)/C=C/c1c[nH]c2ncc(-c3cccnc3)cc12.COc1ccc(-c2cnc3[nH]cc(/C=C/C(C)=O)c3c2)cc1.COc1ccc(-c2cnc3[nH]cc(/C=C/C(C)=O)c3c2)cn1.COc1cccc(-c2cnc3[nH]cc(/C=C/C(C)=O)c3c2)c1.[C-]#[N+]c1ccc(-c2cnc3[nH]cc(/C=C/C(C)=O)c3c2)cc1.[C-]#[N+]c1cccc(-c2cnc3[nH]cc(/C=C/C(C)=O)c3c2)c1. The Morgan fingerprint density at radius 1 is 0.277 bits per heavy atom. The highest BCUT2D eigenvalue weighted by Crippen LogP contribution is 2.35. The first-order valence-electron chi connectivity index (χ1n) is 40.7. The first-order chi connectivity index (χ1) is 63.1. The van der Waals surface area contributed by atoms with Crippen LogP contribution in [0, 0.1) is 13.1 Å². The third kappa shape index (κ3) is 23.5. The van der Waals surface area contributed by atoms with Crippen molar-refractivity contribution >= 4 is 149 Å². The zero-order chi connectivity index (χ0) is 91.6. The van der Waals surface area contributed by atoms with E-state index in [-0.39, 0.29) is 34.7 Å². The molecule has 25 nitrogen and oxygen atoms in total. The highest BCUT2D eigenvalue weighted by atomic mass is 16.5. The van der Waals surface area contributed by atoms with Crippen LogP contribution in [-0.2, 0) is 28.8 Å². The van der Waals surface area contributed by atoms with Gasteiger partial charge >= 0.3 is 0 Å². The molecule has 640 valence electrons. The number of allylic oxidation sites excluding steroid dienone is 6. The minimum absolute atomic E-state index is 0.00298. The molecule has 14 aromatic heterocycles. The summed E-state index contributed by atoms with van der Waals surface area (Å²) in [4.78, 5) is 127. The topological polar surface area (TPSA) is 337 Å². The van der Waals surface area contributed by atoms with Gasteiger partial charge in [-0.05, 0) is 221 Å². The number of ketones is 6. The van der Waals surface area contributed by atoms with E-state index in [1.807, 2.05) is 177 Å². The Kier molecular flexibility index (Phi) is 29.7. The maximum Gasteiger partial charge on any atom is 0.212 e. The number of rotatable bonds is 21. The molecule has 0 aliphatic carbocycles. The van der Waals surface area contributed by atoms with E-state index in [1.54, 1.807) is 144 Å². The van der Waals surface area contributed by atoms with Crippen LogP contribution in [0.2, 0.25) is 0 Å². The first-order valence-corrected chi connectivity index (χ1v) is 40.7. The van der Waals surface area contributed by atoms with Crippen LogP contribution in [0.5, 0.6) is 17.4 Å². The number of benzene rings is 4. The summed E-state index contributed by atoms with van der Waals surface area (Å²) in [6.07, 6.45) is 47.3. The van der Waals surface area contributed by atoms with Gasteiger partial charge in [0.15, 0.2) is 46.1 Å². The molecule has 0 unspecified atom stereocenters. The number of H-pyrrole nitrogens is 6. The number of fused-ring (bicyclic) bond motifs is 6. The monoisotopic (exact) mass is 1710 g/mol. The van der Waals surface area contributed by atoms with Crippen LogP contribution in [0.25, 0.3) is 179 Å². The Hall–Kier alpha value is -17.8. The van der Waals surface area contributed by atoms with Crippen molar-refractivity contribution in [3.8, 4) is 84.1 Å². The molecular formula is C105H86N16O9. The number of ether oxygens (including phenoxy) is 3. The Labute approximate surface area is 747 Å². The number of pyridine rings is 8. The van der Waals surface area contributed by atoms with Gasteiger partial charge in [0.05, 0.1) is 34.5 Å². The second-order valence-corrected chi connectivity index (χ2v) is 29.5. The molecule has 4 aromatic carbocycles. The summed E-state index contributed by atoms with van der Waals surface area (Å²) in [7, 11) is 4.89. The molecule has 18 aromatic rings. The normalized spacial score (nSPS) is 11.1. The van der Waals surface area contributed by atoms with Crippen LogP contribution in [0.4, 0.5) is 11.4 Å². The number of hydrogen-bond acceptors (Lipinski definition) is 17. The molecule has 0 fully saturated rings. The van der Waals surface area contributed by atoms with Crippen molar-refractivity contribution < 1.29 is 43.0 Å². The number of methoxy groups -OCH3 is 3. The average Bonchev–Trinajstić information content (AvgIpc) is 1.60. The van der Waals surface area contributed by atoms with Gasteiger partial charge in [-0.3, -0.25) is 33.8 Å². The lowest BCUT2D eigenvalue weighted by Gasteiger charge is -2.05. The predicted octanol–water partition coefficient (Wildman–Crippen LogP) is 22.9. The highest BCUT2D eigenvalue weighted by molar-refractivity contribution is 6.02. The highest BCUT2D eigenvalue weighted by Gasteiger charge is 2.14. The number of nitrogens with one attached hydrogen (secondary N) is 6. The number of carbonyl (C=O) groups is 6. The minimum atomic E-state index is 0.00298. The zero-order valence-corrected chi connectivity index (χ0v) is 72.2. The average molecular weight is 1720 g/mol. The van der Waals surface area contributed by atoms with E-state index < -0.39 is 0 Å².